The van der Waals surface area contributed by atoms with Crippen LogP contribution in [0.1, 0.15) is 10.4 Å². The van der Waals surface area contributed by atoms with Gasteiger partial charge < -0.3 is 14.4 Å². The molecule has 1 aliphatic heterocycles. The normalized spacial score (nSPS) is 12.9. The van der Waals surface area contributed by atoms with Gasteiger partial charge in [-0.15, -0.1) is 0 Å². The first-order chi connectivity index (χ1) is 10.1. The molecule has 108 valence electrons. The Bertz CT molecular complexity index is 687. The zero-order chi connectivity index (χ0) is 14.8. The number of nitrogens with zero attached hydrogens (tertiary/aromatic N) is 1. The molecule has 1 heterocycles. The number of fused-ring (bicyclic) bond motifs is 1. The quantitative estimate of drug-likeness (QED) is 0.852. The third-order valence-electron chi connectivity index (χ3n) is 3.29. The number of rotatable bonds is 2. The van der Waals surface area contributed by atoms with E-state index in [0.29, 0.717) is 36.0 Å². The molecule has 21 heavy (non-hydrogen) atoms. The number of amides is 1. The van der Waals surface area contributed by atoms with Gasteiger partial charge in [0.25, 0.3) is 5.91 Å². The summed E-state index contributed by atoms with van der Waals surface area (Å²) in [7, 11) is 1.64. The average Bonchev–Trinajstić information content (AvgIpc) is 2.53. The van der Waals surface area contributed by atoms with Crippen molar-refractivity contribution in [3.8, 4) is 11.5 Å². The molecule has 0 atom stereocenters. The molecule has 2 aromatic carbocycles. The van der Waals surface area contributed by atoms with Gasteiger partial charge in [0.05, 0.1) is 0 Å². The van der Waals surface area contributed by atoms with Crippen LogP contribution in [0, 0.1) is 5.82 Å². The maximum atomic E-state index is 13.2. The van der Waals surface area contributed by atoms with Crippen LogP contribution in [0.2, 0.25) is 0 Å². The van der Waals surface area contributed by atoms with E-state index in [9.17, 15) is 9.18 Å². The summed E-state index contributed by atoms with van der Waals surface area (Å²) in [5.74, 6) is 0.553. The lowest BCUT2D eigenvalue weighted by Crippen LogP contribution is -2.26. The molecule has 0 spiro atoms. The largest absolute Gasteiger partial charge is 0.486 e. The molecule has 0 unspecified atom stereocenters. The fourth-order valence-corrected chi connectivity index (χ4v) is 2.17. The minimum Gasteiger partial charge on any atom is -0.486 e. The number of carbonyl (C=O) groups is 1. The Morgan fingerprint density at radius 1 is 1.10 bits per heavy atom. The van der Waals surface area contributed by atoms with Gasteiger partial charge in [0, 0.05) is 24.4 Å². The molecular formula is C16H14FNO3. The van der Waals surface area contributed by atoms with E-state index in [1.165, 1.54) is 23.1 Å². The van der Waals surface area contributed by atoms with Crippen LogP contribution in [0.4, 0.5) is 10.1 Å². The van der Waals surface area contributed by atoms with E-state index in [4.69, 9.17) is 9.47 Å². The molecule has 0 aromatic heterocycles. The standard InChI is InChI=1S/C16H14FNO3/c1-18(16(19)11-3-2-4-12(17)9-11)13-5-6-14-15(10-13)21-8-7-20-14/h2-6,9-10H,7-8H2,1H3. The fraction of sp³-hybridized carbons (Fsp3) is 0.188. The lowest BCUT2D eigenvalue weighted by atomic mass is 10.1. The minimum atomic E-state index is -0.434. The van der Waals surface area contributed by atoms with E-state index in [1.54, 1.807) is 31.3 Å². The second-order valence-electron chi connectivity index (χ2n) is 4.70. The topological polar surface area (TPSA) is 38.8 Å². The van der Waals surface area contributed by atoms with Crippen molar-refractivity contribution < 1.29 is 18.7 Å². The van der Waals surface area contributed by atoms with E-state index >= 15 is 0 Å². The number of anilines is 1. The number of ether oxygens (including phenoxy) is 2. The predicted molar refractivity (Wildman–Crippen MR) is 76.6 cm³/mol. The van der Waals surface area contributed by atoms with Crippen LogP contribution < -0.4 is 14.4 Å². The molecule has 0 saturated carbocycles. The van der Waals surface area contributed by atoms with Gasteiger partial charge in [-0.3, -0.25) is 4.79 Å². The van der Waals surface area contributed by atoms with Crippen molar-refractivity contribution in [2.75, 3.05) is 25.2 Å². The SMILES string of the molecule is CN(C(=O)c1cccc(F)c1)c1ccc2c(c1)OCCO2. The second-order valence-corrected chi connectivity index (χ2v) is 4.70. The highest BCUT2D eigenvalue weighted by molar-refractivity contribution is 6.05. The first-order valence-corrected chi connectivity index (χ1v) is 6.58. The van der Waals surface area contributed by atoms with Crippen LogP contribution in [0.5, 0.6) is 11.5 Å². The van der Waals surface area contributed by atoms with Crippen molar-refractivity contribution in [2.45, 2.75) is 0 Å². The molecule has 0 bridgehead atoms. The van der Waals surface area contributed by atoms with Crippen LogP contribution >= 0.6 is 0 Å². The van der Waals surface area contributed by atoms with Gasteiger partial charge in [-0.25, -0.2) is 4.39 Å². The molecule has 3 rings (SSSR count). The summed E-state index contributed by atoms with van der Waals surface area (Å²) in [6.45, 7) is 1.00. The van der Waals surface area contributed by atoms with Gasteiger partial charge in [0.2, 0.25) is 0 Å². The number of hydrogen-bond donors (Lipinski definition) is 0. The molecule has 0 radical (unpaired) electrons. The molecule has 0 aliphatic carbocycles. The molecular weight excluding hydrogens is 273 g/mol. The lowest BCUT2D eigenvalue weighted by Gasteiger charge is -2.22. The van der Waals surface area contributed by atoms with Crippen molar-refractivity contribution in [3.05, 3.63) is 53.8 Å². The van der Waals surface area contributed by atoms with Crippen molar-refractivity contribution in [1.29, 1.82) is 0 Å². The Hall–Kier alpha value is -2.56. The number of halogens is 1. The third kappa shape index (κ3) is 2.67. The Kier molecular flexibility index (Phi) is 3.48. The molecule has 0 saturated heterocycles. The first-order valence-electron chi connectivity index (χ1n) is 6.58. The van der Waals surface area contributed by atoms with E-state index in [0.717, 1.165) is 0 Å². The highest BCUT2D eigenvalue weighted by Gasteiger charge is 2.17. The molecule has 4 nitrogen and oxygen atoms in total. The van der Waals surface area contributed by atoms with Crippen LogP contribution in [0.3, 0.4) is 0 Å². The lowest BCUT2D eigenvalue weighted by molar-refractivity contribution is 0.0992. The zero-order valence-electron chi connectivity index (χ0n) is 11.5. The van der Waals surface area contributed by atoms with Gasteiger partial charge in [0.1, 0.15) is 19.0 Å². The van der Waals surface area contributed by atoms with Gasteiger partial charge >= 0.3 is 0 Å². The Balaban J connectivity index is 1.87. The monoisotopic (exact) mass is 287 g/mol. The summed E-state index contributed by atoms with van der Waals surface area (Å²) >= 11 is 0. The maximum Gasteiger partial charge on any atom is 0.258 e. The number of benzene rings is 2. The third-order valence-corrected chi connectivity index (χ3v) is 3.29. The van der Waals surface area contributed by atoms with Crippen LogP contribution in [-0.4, -0.2) is 26.2 Å². The Morgan fingerprint density at radius 3 is 2.62 bits per heavy atom. The van der Waals surface area contributed by atoms with Crippen LogP contribution in [0.15, 0.2) is 42.5 Å². The van der Waals surface area contributed by atoms with Crippen LogP contribution in [-0.2, 0) is 0 Å². The van der Waals surface area contributed by atoms with E-state index in [1.807, 2.05) is 0 Å². The van der Waals surface area contributed by atoms with Crippen molar-refractivity contribution in [1.82, 2.24) is 0 Å². The summed E-state index contributed by atoms with van der Waals surface area (Å²) < 4.78 is 24.1. The summed E-state index contributed by atoms with van der Waals surface area (Å²) in [5, 5.41) is 0. The molecule has 1 aliphatic rings. The summed E-state index contributed by atoms with van der Waals surface area (Å²) in [6, 6.07) is 10.9. The molecule has 0 fully saturated rings. The number of carbonyl (C=O) groups excluding carboxylic acids is 1. The Labute approximate surface area is 121 Å². The van der Waals surface area contributed by atoms with E-state index < -0.39 is 5.82 Å². The summed E-state index contributed by atoms with van der Waals surface area (Å²) in [5.41, 5.74) is 0.959. The van der Waals surface area contributed by atoms with Crippen molar-refractivity contribution in [3.63, 3.8) is 0 Å². The minimum absolute atomic E-state index is 0.286. The molecule has 5 heteroatoms. The van der Waals surface area contributed by atoms with Crippen LogP contribution in [0.25, 0.3) is 0 Å². The predicted octanol–water partition coefficient (Wildman–Crippen LogP) is 2.87. The average molecular weight is 287 g/mol. The summed E-state index contributed by atoms with van der Waals surface area (Å²) in [4.78, 5) is 13.8. The van der Waals surface area contributed by atoms with Gasteiger partial charge in [0.15, 0.2) is 11.5 Å². The summed E-state index contributed by atoms with van der Waals surface area (Å²) in [6.07, 6.45) is 0. The van der Waals surface area contributed by atoms with E-state index in [2.05, 4.69) is 0 Å². The smallest absolute Gasteiger partial charge is 0.258 e. The molecule has 0 N–H and O–H groups in total. The number of hydrogen-bond acceptors (Lipinski definition) is 3. The highest BCUT2D eigenvalue weighted by atomic mass is 19.1. The highest BCUT2D eigenvalue weighted by Crippen LogP contribution is 2.34. The maximum absolute atomic E-state index is 13.2. The molecule has 2 aromatic rings. The Morgan fingerprint density at radius 2 is 1.86 bits per heavy atom. The fourth-order valence-electron chi connectivity index (χ4n) is 2.17. The van der Waals surface area contributed by atoms with Gasteiger partial charge in [-0.1, -0.05) is 6.07 Å². The van der Waals surface area contributed by atoms with Gasteiger partial charge in [-0.05, 0) is 30.3 Å². The first kappa shape index (κ1) is 13.4. The second kappa shape index (κ2) is 5.44. The zero-order valence-corrected chi connectivity index (χ0v) is 11.5. The van der Waals surface area contributed by atoms with Gasteiger partial charge in [-0.2, -0.15) is 0 Å². The molecule has 1 amide bonds. The van der Waals surface area contributed by atoms with Crippen molar-refractivity contribution >= 4 is 11.6 Å². The van der Waals surface area contributed by atoms with E-state index in [-0.39, 0.29) is 5.91 Å². The van der Waals surface area contributed by atoms with Crippen molar-refractivity contribution in [2.24, 2.45) is 0 Å².